The minimum absolute atomic E-state index is 0.0114. The van der Waals surface area contributed by atoms with Gasteiger partial charge in [-0.2, -0.15) is 4.31 Å². The molecule has 2 rings (SSSR count). The maximum absolute atomic E-state index is 12.6. The number of esters is 1. The van der Waals surface area contributed by atoms with Gasteiger partial charge in [0.05, 0.1) is 10.5 Å². The molecule has 0 aliphatic rings. The third-order valence-electron chi connectivity index (χ3n) is 4.60. The van der Waals surface area contributed by atoms with Gasteiger partial charge in [0, 0.05) is 18.8 Å². The van der Waals surface area contributed by atoms with Gasteiger partial charge < -0.3 is 10.1 Å². The molecule has 0 saturated heterocycles. The lowest BCUT2D eigenvalue weighted by Gasteiger charge is -2.21. The smallest absolute Gasteiger partial charge is 0.338 e. The summed E-state index contributed by atoms with van der Waals surface area (Å²) in [4.78, 5) is 24.3. The van der Waals surface area contributed by atoms with Gasteiger partial charge in [-0.3, -0.25) is 4.79 Å². The van der Waals surface area contributed by atoms with E-state index >= 15 is 0 Å². The van der Waals surface area contributed by atoms with E-state index in [0.717, 1.165) is 11.1 Å². The first-order valence-electron chi connectivity index (χ1n) is 9.14. The molecule has 0 bridgehead atoms. The quantitative estimate of drug-likeness (QED) is 0.698. The molecule has 0 radical (unpaired) electrons. The van der Waals surface area contributed by atoms with Crippen molar-refractivity contribution >= 4 is 27.6 Å². The Morgan fingerprint density at radius 1 is 1.07 bits per heavy atom. The highest BCUT2D eigenvalue weighted by Gasteiger charge is 2.24. The number of aryl methyl sites for hydroxylation is 2. The Labute approximate surface area is 171 Å². The topological polar surface area (TPSA) is 92.8 Å². The maximum atomic E-state index is 12.6. The molecular weight excluding hydrogens is 392 g/mol. The van der Waals surface area contributed by atoms with E-state index in [0.29, 0.717) is 5.69 Å². The monoisotopic (exact) mass is 418 g/mol. The van der Waals surface area contributed by atoms with Crippen LogP contribution in [0.3, 0.4) is 0 Å². The number of nitrogens with zero attached hydrogens (tertiary/aromatic N) is 1. The van der Waals surface area contributed by atoms with Gasteiger partial charge in [0.25, 0.3) is 5.91 Å². The summed E-state index contributed by atoms with van der Waals surface area (Å²) < 4.78 is 31.4. The van der Waals surface area contributed by atoms with Crippen molar-refractivity contribution in [3.05, 3.63) is 59.2 Å². The number of hydrogen-bond donors (Lipinski definition) is 1. The number of ether oxygens (including phenoxy) is 1. The average molecular weight is 419 g/mol. The van der Waals surface area contributed by atoms with E-state index in [4.69, 9.17) is 4.74 Å². The molecule has 0 atom stereocenters. The highest BCUT2D eigenvalue weighted by molar-refractivity contribution is 7.89. The number of benzene rings is 2. The molecule has 2 aromatic rings. The van der Waals surface area contributed by atoms with Crippen molar-refractivity contribution < 1.29 is 22.7 Å². The van der Waals surface area contributed by atoms with E-state index in [1.54, 1.807) is 19.9 Å². The van der Waals surface area contributed by atoms with Crippen LogP contribution in [0.5, 0.6) is 0 Å². The second-order valence-electron chi connectivity index (χ2n) is 7.07. The summed E-state index contributed by atoms with van der Waals surface area (Å²) in [5.41, 5.74) is 2.80. The summed E-state index contributed by atoms with van der Waals surface area (Å²) in [6, 6.07) is 10.8. The molecule has 7 nitrogen and oxygen atoms in total. The lowest BCUT2D eigenvalue weighted by molar-refractivity contribution is -0.119. The third kappa shape index (κ3) is 5.65. The highest BCUT2D eigenvalue weighted by atomic mass is 32.2. The van der Waals surface area contributed by atoms with Crippen LogP contribution in [0.1, 0.15) is 35.3 Å². The second-order valence-corrected chi connectivity index (χ2v) is 9.06. The van der Waals surface area contributed by atoms with Crippen LogP contribution < -0.4 is 5.32 Å². The van der Waals surface area contributed by atoms with Crippen LogP contribution in [0.25, 0.3) is 0 Å². The first-order valence-corrected chi connectivity index (χ1v) is 10.6. The van der Waals surface area contributed by atoms with Crippen molar-refractivity contribution in [2.45, 2.75) is 38.6 Å². The zero-order valence-corrected chi connectivity index (χ0v) is 18.0. The normalized spacial score (nSPS) is 11.6. The number of amides is 1. The van der Waals surface area contributed by atoms with Gasteiger partial charge in [0.1, 0.15) is 0 Å². The summed E-state index contributed by atoms with van der Waals surface area (Å²) in [6.07, 6.45) is 0. The lowest BCUT2D eigenvalue weighted by Crippen LogP contribution is -2.33. The number of rotatable bonds is 7. The fraction of sp³-hybridized carbons (Fsp3) is 0.333. The van der Waals surface area contributed by atoms with Crippen LogP contribution in [0, 0.1) is 13.8 Å². The van der Waals surface area contributed by atoms with Crippen molar-refractivity contribution in [2.75, 3.05) is 19.0 Å². The number of carbonyl (C=O) groups excluding carboxylic acids is 2. The van der Waals surface area contributed by atoms with Crippen LogP contribution in [-0.2, 0) is 19.6 Å². The van der Waals surface area contributed by atoms with Crippen molar-refractivity contribution in [1.82, 2.24) is 4.31 Å². The molecule has 0 aliphatic carbocycles. The molecule has 0 unspecified atom stereocenters. The third-order valence-corrected chi connectivity index (χ3v) is 6.63. The molecule has 0 spiro atoms. The Bertz CT molecular complexity index is 1020. The van der Waals surface area contributed by atoms with Crippen LogP contribution in [-0.4, -0.2) is 44.3 Å². The number of sulfonamides is 1. The van der Waals surface area contributed by atoms with Gasteiger partial charge in [-0.1, -0.05) is 12.1 Å². The maximum Gasteiger partial charge on any atom is 0.338 e. The van der Waals surface area contributed by atoms with Crippen LogP contribution >= 0.6 is 0 Å². The molecule has 0 aromatic heterocycles. The Morgan fingerprint density at radius 3 is 2.38 bits per heavy atom. The summed E-state index contributed by atoms with van der Waals surface area (Å²) in [5.74, 6) is -1.26. The van der Waals surface area contributed by atoms with Gasteiger partial charge in [0.15, 0.2) is 6.61 Å². The Kier molecular flexibility index (Phi) is 7.16. The van der Waals surface area contributed by atoms with Crippen molar-refractivity contribution in [1.29, 1.82) is 0 Å². The van der Waals surface area contributed by atoms with E-state index in [2.05, 4.69) is 5.32 Å². The SMILES string of the molecule is Cc1ccc(NC(=O)COC(=O)c2cccc(S(=O)(=O)N(C)C(C)C)c2)cc1C. The van der Waals surface area contributed by atoms with Gasteiger partial charge in [-0.15, -0.1) is 0 Å². The number of nitrogens with one attached hydrogen (secondary N) is 1. The molecule has 0 fully saturated rings. The van der Waals surface area contributed by atoms with Gasteiger partial charge in [0.2, 0.25) is 10.0 Å². The predicted octanol–water partition coefficient (Wildman–Crippen LogP) is 3.13. The first kappa shape index (κ1) is 22.6. The standard InChI is InChI=1S/C21H26N2O5S/c1-14(2)23(5)29(26,27)19-8-6-7-17(12-19)21(25)28-13-20(24)22-18-10-9-15(3)16(4)11-18/h6-12,14H,13H2,1-5H3,(H,22,24). The molecule has 2 aromatic carbocycles. The van der Waals surface area contributed by atoms with E-state index in [1.807, 2.05) is 26.0 Å². The summed E-state index contributed by atoms with van der Waals surface area (Å²) in [6.45, 7) is 6.93. The van der Waals surface area contributed by atoms with Crippen molar-refractivity contribution in [3.63, 3.8) is 0 Å². The summed E-state index contributed by atoms with van der Waals surface area (Å²) in [5, 5.41) is 2.66. The minimum Gasteiger partial charge on any atom is -0.452 e. The number of carbonyl (C=O) groups is 2. The van der Waals surface area contributed by atoms with Gasteiger partial charge in [-0.05, 0) is 69.2 Å². The largest absolute Gasteiger partial charge is 0.452 e. The number of hydrogen-bond acceptors (Lipinski definition) is 5. The fourth-order valence-corrected chi connectivity index (χ4v) is 3.87. The zero-order chi connectivity index (χ0) is 21.8. The minimum atomic E-state index is -3.73. The van der Waals surface area contributed by atoms with E-state index < -0.39 is 28.5 Å². The van der Waals surface area contributed by atoms with Crippen molar-refractivity contribution in [3.8, 4) is 0 Å². The molecule has 1 amide bonds. The first-order chi connectivity index (χ1) is 13.5. The highest BCUT2D eigenvalue weighted by Crippen LogP contribution is 2.18. The molecule has 0 heterocycles. The molecule has 0 aliphatic heterocycles. The molecule has 8 heteroatoms. The predicted molar refractivity (Wildman–Crippen MR) is 111 cm³/mol. The second kappa shape index (κ2) is 9.19. The molecule has 156 valence electrons. The lowest BCUT2D eigenvalue weighted by atomic mass is 10.1. The Hall–Kier alpha value is -2.71. The molecule has 29 heavy (non-hydrogen) atoms. The van der Waals surface area contributed by atoms with E-state index in [-0.39, 0.29) is 16.5 Å². The molecular formula is C21H26N2O5S. The Morgan fingerprint density at radius 2 is 1.76 bits per heavy atom. The van der Waals surface area contributed by atoms with E-state index in [1.165, 1.54) is 35.6 Å². The molecule has 0 saturated carbocycles. The van der Waals surface area contributed by atoms with Crippen LogP contribution in [0.2, 0.25) is 0 Å². The Balaban J connectivity index is 2.04. The van der Waals surface area contributed by atoms with Crippen LogP contribution in [0.15, 0.2) is 47.4 Å². The molecule has 1 N–H and O–H groups in total. The van der Waals surface area contributed by atoms with Crippen LogP contribution in [0.4, 0.5) is 5.69 Å². The fourth-order valence-electron chi connectivity index (χ4n) is 2.46. The zero-order valence-electron chi connectivity index (χ0n) is 17.2. The summed E-state index contributed by atoms with van der Waals surface area (Å²) in [7, 11) is -2.25. The van der Waals surface area contributed by atoms with Gasteiger partial charge in [-0.25, -0.2) is 13.2 Å². The summed E-state index contributed by atoms with van der Waals surface area (Å²) >= 11 is 0. The van der Waals surface area contributed by atoms with Gasteiger partial charge >= 0.3 is 5.97 Å². The van der Waals surface area contributed by atoms with E-state index in [9.17, 15) is 18.0 Å². The average Bonchev–Trinajstić information content (AvgIpc) is 2.68. The van der Waals surface area contributed by atoms with Crippen molar-refractivity contribution in [2.24, 2.45) is 0 Å². The number of anilines is 1.